The second kappa shape index (κ2) is 11.7. The van der Waals surface area contributed by atoms with Crippen LogP contribution in [0.25, 0.3) is 10.9 Å². The number of tetrazole rings is 1. The van der Waals surface area contributed by atoms with E-state index in [9.17, 15) is 4.79 Å². The number of rotatable bonds is 11. The molecule has 2 aromatic carbocycles. The summed E-state index contributed by atoms with van der Waals surface area (Å²) >= 11 is 0. The van der Waals surface area contributed by atoms with Crippen molar-refractivity contribution in [2.45, 2.75) is 57.8 Å². The van der Waals surface area contributed by atoms with Gasteiger partial charge in [0.15, 0.2) is 5.82 Å². The van der Waals surface area contributed by atoms with Gasteiger partial charge in [0, 0.05) is 36.2 Å². The summed E-state index contributed by atoms with van der Waals surface area (Å²) in [5.74, 6) is 1.56. The van der Waals surface area contributed by atoms with Crippen molar-refractivity contribution in [2.24, 2.45) is 0 Å². The monoisotopic (exact) mass is 502 g/mol. The van der Waals surface area contributed by atoms with Gasteiger partial charge >= 0.3 is 0 Å². The first-order valence-corrected chi connectivity index (χ1v) is 13.0. The third-order valence-corrected chi connectivity index (χ3v) is 7.00. The summed E-state index contributed by atoms with van der Waals surface area (Å²) < 4.78 is 13.3. The molecule has 9 heteroatoms. The number of methoxy groups -OCH3 is 1. The van der Waals surface area contributed by atoms with Crippen molar-refractivity contribution in [3.05, 3.63) is 81.9 Å². The van der Waals surface area contributed by atoms with E-state index in [1.165, 1.54) is 0 Å². The zero-order valence-electron chi connectivity index (χ0n) is 21.5. The van der Waals surface area contributed by atoms with E-state index in [1.54, 1.807) is 7.11 Å². The minimum Gasteiger partial charge on any atom is -0.497 e. The lowest BCUT2D eigenvalue weighted by atomic mass is 10.1. The van der Waals surface area contributed by atoms with Gasteiger partial charge in [-0.1, -0.05) is 43.7 Å². The van der Waals surface area contributed by atoms with Gasteiger partial charge in [-0.15, -0.1) is 5.10 Å². The fourth-order valence-electron chi connectivity index (χ4n) is 5.11. The quantitative estimate of drug-likeness (QED) is 0.330. The molecule has 0 aliphatic carbocycles. The van der Waals surface area contributed by atoms with Crippen LogP contribution in [0.5, 0.6) is 5.75 Å². The number of aromatic amines is 1. The Bertz CT molecular complexity index is 1360. The molecule has 1 aliphatic heterocycles. The number of ether oxygens (including phenoxy) is 2. The summed E-state index contributed by atoms with van der Waals surface area (Å²) in [6, 6.07) is 17.8. The highest BCUT2D eigenvalue weighted by atomic mass is 16.5. The first-order chi connectivity index (χ1) is 18.1. The average Bonchev–Trinajstić information content (AvgIpc) is 3.60. The molecule has 0 radical (unpaired) electrons. The van der Waals surface area contributed by atoms with Gasteiger partial charge in [0.1, 0.15) is 5.75 Å². The molecule has 1 N–H and O–H groups in total. The molecule has 3 heterocycles. The van der Waals surface area contributed by atoms with Crippen LogP contribution in [0.1, 0.15) is 55.6 Å². The SMILES string of the molecule is CCCC(c1nnnn1Cc1ccccc1)N(Cc1cc2cc(OC)ccc2[nH]c1=O)CC1CCCO1. The molecule has 2 atom stereocenters. The van der Waals surface area contributed by atoms with Gasteiger partial charge in [-0.25, -0.2) is 4.68 Å². The Kier molecular flexibility index (Phi) is 7.91. The highest BCUT2D eigenvalue weighted by Gasteiger charge is 2.30. The van der Waals surface area contributed by atoms with E-state index >= 15 is 0 Å². The molecular formula is C28H34N6O3. The van der Waals surface area contributed by atoms with Crippen LogP contribution in [0.4, 0.5) is 0 Å². The Hall–Kier alpha value is -3.56. The maximum Gasteiger partial charge on any atom is 0.252 e. The van der Waals surface area contributed by atoms with Crippen LogP contribution in [-0.2, 0) is 17.8 Å². The van der Waals surface area contributed by atoms with E-state index in [0.717, 1.165) is 60.3 Å². The molecule has 2 unspecified atom stereocenters. The lowest BCUT2D eigenvalue weighted by Crippen LogP contribution is -2.38. The largest absolute Gasteiger partial charge is 0.497 e. The predicted molar refractivity (Wildman–Crippen MR) is 142 cm³/mol. The lowest BCUT2D eigenvalue weighted by Gasteiger charge is -2.32. The minimum absolute atomic E-state index is 0.0617. The fourth-order valence-corrected chi connectivity index (χ4v) is 5.11. The number of H-pyrrole nitrogens is 1. The van der Waals surface area contributed by atoms with Gasteiger partial charge in [-0.2, -0.15) is 0 Å². The zero-order valence-corrected chi connectivity index (χ0v) is 21.5. The van der Waals surface area contributed by atoms with Crippen molar-refractivity contribution >= 4 is 10.9 Å². The standard InChI is InChI=1S/C28H34N6O3/c1-3-8-26(27-30-31-32-34(27)17-20-9-5-4-6-10-20)33(19-24-11-7-14-37-24)18-22-15-21-16-23(36-2)12-13-25(21)29-28(22)35/h4-6,9-10,12-13,15-16,24,26H,3,7-8,11,14,17-19H2,1-2H3,(H,29,35). The molecule has 5 rings (SSSR count). The van der Waals surface area contributed by atoms with Gasteiger partial charge in [0.25, 0.3) is 5.56 Å². The van der Waals surface area contributed by atoms with Crippen molar-refractivity contribution in [1.29, 1.82) is 0 Å². The van der Waals surface area contributed by atoms with Crippen LogP contribution >= 0.6 is 0 Å². The summed E-state index contributed by atoms with van der Waals surface area (Å²) in [6.07, 6.45) is 4.00. The van der Waals surface area contributed by atoms with Crippen LogP contribution < -0.4 is 10.3 Å². The van der Waals surface area contributed by atoms with E-state index in [2.05, 4.69) is 44.5 Å². The Morgan fingerprint density at radius 2 is 2.08 bits per heavy atom. The minimum atomic E-state index is -0.0888. The molecule has 1 saturated heterocycles. The molecule has 0 amide bonds. The first kappa shape index (κ1) is 25.1. The molecular weight excluding hydrogens is 468 g/mol. The molecule has 2 aromatic heterocycles. The fraction of sp³-hybridized carbons (Fsp3) is 0.429. The topological polar surface area (TPSA) is 98.2 Å². The molecule has 4 aromatic rings. The Balaban J connectivity index is 1.50. The second-order valence-electron chi connectivity index (χ2n) is 9.63. The van der Waals surface area contributed by atoms with Crippen LogP contribution in [0.2, 0.25) is 0 Å². The van der Waals surface area contributed by atoms with Crippen molar-refractivity contribution in [3.8, 4) is 5.75 Å². The third kappa shape index (κ3) is 5.89. The number of fused-ring (bicyclic) bond motifs is 1. The van der Waals surface area contributed by atoms with Gasteiger partial charge in [-0.05, 0) is 59.5 Å². The zero-order chi connectivity index (χ0) is 25.6. The molecule has 0 bridgehead atoms. The van der Waals surface area contributed by atoms with Crippen molar-refractivity contribution in [3.63, 3.8) is 0 Å². The van der Waals surface area contributed by atoms with Crippen LogP contribution in [-0.4, -0.2) is 56.5 Å². The smallest absolute Gasteiger partial charge is 0.252 e. The highest BCUT2D eigenvalue weighted by molar-refractivity contribution is 5.80. The van der Waals surface area contributed by atoms with Crippen molar-refractivity contribution in [2.75, 3.05) is 20.3 Å². The molecule has 37 heavy (non-hydrogen) atoms. The molecule has 1 fully saturated rings. The molecule has 0 saturated carbocycles. The number of nitrogens with one attached hydrogen (secondary N) is 1. The summed E-state index contributed by atoms with van der Waals surface area (Å²) in [7, 11) is 1.64. The predicted octanol–water partition coefficient (Wildman–Crippen LogP) is 4.09. The number of aromatic nitrogens is 5. The van der Waals surface area contributed by atoms with Crippen molar-refractivity contribution < 1.29 is 9.47 Å². The number of hydrogen-bond donors (Lipinski definition) is 1. The van der Waals surface area contributed by atoms with E-state index < -0.39 is 0 Å². The van der Waals surface area contributed by atoms with Gasteiger partial charge in [-0.3, -0.25) is 9.69 Å². The van der Waals surface area contributed by atoms with E-state index in [0.29, 0.717) is 25.2 Å². The normalized spacial score (nSPS) is 16.5. The Labute approximate surface area is 216 Å². The van der Waals surface area contributed by atoms with Gasteiger partial charge in [0.2, 0.25) is 0 Å². The Morgan fingerprint density at radius 1 is 1.22 bits per heavy atom. The van der Waals surface area contributed by atoms with Crippen LogP contribution in [0.15, 0.2) is 59.4 Å². The van der Waals surface area contributed by atoms with Gasteiger partial charge < -0.3 is 14.5 Å². The van der Waals surface area contributed by atoms with E-state index in [4.69, 9.17) is 9.47 Å². The average molecular weight is 503 g/mol. The van der Waals surface area contributed by atoms with E-state index in [-0.39, 0.29) is 17.7 Å². The maximum absolute atomic E-state index is 13.1. The third-order valence-electron chi connectivity index (χ3n) is 7.00. The van der Waals surface area contributed by atoms with E-state index in [1.807, 2.05) is 47.1 Å². The molecule has 0 spiro atoms. The number of hydrogen-bond acceptors (Lipinski definition) is 7. The summed E-state index contributed by atoms with van der Waals surface area (Å²) in [4.78, 5) is 18.5. The number of benzene rings is 2. The molecule has 1 aliphatic rings. The second-order valence-corrected chi connectivity index (χ2v) is 9.63. The number of nitrogens with zero attached hydrogens (tertiary/aromatic N) is 5. The highest BCUT2D eigenvalue weighted by Crippen LogP contribution is 2.29. The molecule has 194 valence electrons. The lowest BCUT2D eigenvalue weighted by molar-refractivity contribution is 0.0476. The van der Waals surface area contributed by atoms with Crippen LogP contribution in [0.3, 0.4) is 0 Å². The van der Waals surface area contributed by atoms with Crippen LogP contribution in [0, 0.1) is 0 Å². The Morgan fingerprint density at radius 3 is 2.84 bits per heavy atom. The summed E-state index contributed by atoms with van der Waals surface area (Å²) in [5, 5.41) is 13.8. The first-order valence-electron chi connectivity index (χ1n) is 13.0. The van der Waals surface area contributed by atoms with Gasteiger partial charge in [0.05, 0.1) is 25.8 Å². The number of pyridine rings is 1. The maximum atomic E-state index is 13.1. The summed E-state index contributed by atoms with van der Waals surface area (Å²) in [6.45, 7) is 4.70. The summed E-state index contributed by atoms with van der Waals surface area (Å²) in [5.41, 5.74) is 2.53. The molecule has 9 nitrogen and oxygen atoms in total. The van der Waals surface area contributed by atoms with Crippen molar-refractivity contribution in [1.82, 2.24) is 30.1 Å².